The van der Waals surface area contributed by atoms with Crippen molar-refractivity contribution in [2.24, 2.45) is 11.7 Å². The van der Waals surface area contributed by atoms with Crippen molar-refractivity contribution in [1.82, 2.24) is 4.90 Å². The summed E-state index contributed by atoms with van der Waals surface area (Å²) < 4.78 is 13.5. The van der Waals surface area contributed by atoms with E-state index in [2.05, 4.69) is 11.8 Å². The number of benzene rings is 1. The van der Waals surface area contributed by atoms with Crippen LogP contribution in [0.4, 0.5) is 4.39 Å². The van der Waals surface area contributed by atoms with E-state index < -0.39 is 0 Å². The standard InChI is InChI=1S/C16H25FN2O/c1-11-3-4-13(9-14(11)17)15(18)6-8-19-7-5-12(2)16(20)10-19/h3-4,9,12,15-16,20H,5-8,10,18H2,1-2H3. The Morgan fingerprint density at radius 2 is 2.25 bits per heavy atom. The predicted octanol–water partition coefficient (Wildman–Crippen LogP) is 2.23. The molecular weight excluding hydrogens is 255 g/mol. The van der Waals surface area contributed by atoms with E-state index in [-0.39, 0.29) is 18.0 Å². The molecule has 112 valence electrons. The van der Waals surface area contributed by atoms with Crippen LogP contribution in [0.25, 0.3) is 0 Å². The Hall–Kier alpha value is -0.970. The second-order valence-corrected chi connectivity index (χ2v) is 6.04. The maximum absolute atomic E-state index is 13.5. The van der Waals surface area contributed by atoms with Gasteiger partial charge in [0.15, 0.2) is 0 Å². The monoisotopic (exact) mass is 280 g/mol. The molecule has 0 aromatic heterocycles. The average Bonchev–Trinajstić information content (AvgIpc) is 2.43. The fraction of sp³-hybridized carbons (Fsp3) is 0.625. The Labute approximate surface area is 120 Å². The molecule has 20 heavy (non-hydrogen) atoms. The summed E-state index contributed by atoms with van der Waals surface area (Å²) >= 11 is 0. The van der Waals surface area contributed by atoms with Crippen LogP contribution in [0.2, 0.25) is 0 Å². The number of hydrogen-bond donors (Lipinski definition) is 2. The molecule has 0 spiro atoms. The topological polar surface area (TPSA) is 49.5 Å². The molecule has 1 saturated heterocycles. The number of β-amino-alcohol motifs (C(OH)–C–C–N with tert-alkyl or cyclic N) is 1. The zero-order chi connectivity index (χ0) is 14.7. The van der Waals surface area contributed by atoms with Gasteiger partial charge in [-0.05, 0) is 49.4 Å². The van der Waals surface area contributed by atoms with Gasteiger partial charge in [-0.15, -0.1) is 0 Å². The number of aliphatic hydroxyl groups is 1. The molecule has 2 rings (SSSR count). The molecule has 3 unspecified atom stereocenters. The molecule has 0 amide bonds. The summed E-state index contributed by atoms with van der Waals surface area (Å²) in [4.78, 5) is 2.25. The summed E-state index contributed by atoms with van der Waals surface area (Å²) in [6, 6.07) is 5.06. The molecule has 3 N–H and O–H groups in total. The van der Waals surface area contributed by atoms with Crippen molar-refractivity contribution in [3.63, 3.8) is 0 Å². The number of likely N-dealkylation sites (tertiary alicyclic amines) is 1. The molecule has 3 atom stereocenters. The lowest BCUT2D eigenvalue weighted by molar-refractivity contribution is 0.0282. The van der Waals surface area contributed by atoms with Crippen molar-refractivity contribution in [2.45, 2.75) is 38.8 Å². The highest BCUT2D eigenvalue weighted by Crippen LogP contribution is 2.21. The zero-order valence-electron chi connectivity index (χ0n) is 12.3. The van der Waals surface area contributed by atoms with Crippen LogP contribution in [0, 0.1) is 18.7 Å². The Morgan fingerprint density at radius 3 is 2.90 bits per heavy atom. The lowest BCUT2D eigenvalue weighted by Crippen LogP contribution is -2.43. The molecule has 3 nitrogen and oxygen atoms in total. The number of rotatable bonds is 4. The maximum Gasteiger partial charge on any atom is 0.126 e. The molecule has 0 saturated carbocycles. The van der Waals surface area contributed by atoms with Crippen molar-refractivity contribution < 1.29 is 9.50 Å². The summed E-state index contributed by atoms with van der Waals surface area (Å²) in [5.41, 5.74) is 7.63. The van der Waals surface area contributed by atoms with Gasteiger partial charge < -0.3 is 15.7 Å². The minimum Gasteiger partial charge on any atom is -0.392 e. The number of halogens is 1. The third-order valence-corrected chi connectivity index (χ3v) is 4.38. The SMILES string of the molecule is Cc1ccc(C(N)CCN2CCC(C)C(O)C2)cc1F. The molecule has 0 aliphatic carbocycles. The molecule has 1 aromatic carbocycles. The van der Waals surface area contributed by atoms with Crippen LogP contribution in [0.3, 0.4) is 0 Å². The highest BCUT2D eigenvalue weighted by Gasteiger charge is 2.24. The van der Waals surface area contributed by atoms with Gasteiger partial charge in [-0.2, -0.15) is 0 Å². The zero-order valence-corrected chi connectivity index (χ0v) is 12.3. The van der Waals surface area contributed by atoms with Gasteiger partial charge in [0, 0.05) is 19.1 Å². The number of hydrogen-bond acceptors (Lipinski definition) is 3. The minimum absolute atomic E-state index is 0.151. The van der Waals surface area contributed by atoms with Crippen LogP contribution < -0.4 is 5.73 Å². The Morgan fingerprint density at radius 1 is 1.50 bits per heavy atom. The van der Waals surface area contributed by atoms with Crippen LogP contribution >= 0.6 is 0 Å². The molecule has 1 aliphatic heterocycles. The number of nitrogens with two attached hydrogens (primary N) is 1. The van der Waals surface area contributed by atoms with Crippen molar-refractivity contribution in [2.75, 3.05) is 19.6 Å². The summed E-state index contributed by atoms with van der Waals surface area (Å²) in [7, 11) is 0. The normalized spacial score (nSPS) is 25.6. The lowest BCUT2D eigenvalue weighted by Gasteiger charge is -2.34. The van der Waals surface area contributed by atoms with Gasteiger partial charge in [0.05, 0.1) is 6.10 Å². The van der Waals surface area contributed by atoms with E-state index in [9.17, 15) is 9.50 Å². The van der Waals surface area contributed by atoms with E-state index >= 15 is 0 Å². The quantitative estimate of drug-likeness (QED) is 0.889. The molecular formula is C16H25FN2O. The fourth-order valence-electron chi connectivity index (χ4n) is 2.65. The van der Waals surface area contributed by atoms with E-state index in [0.717, 1.165) is 38.0 Å². The van der Waals surface area contributed by atoms with Crippen LogP contribution in [-0.2, 0) is 0 Å². The second-order valence-electron chi connectivity index (χ2n) is 6.04. The summed E-state index contributed by atoms with van der Waals surface area (Å²) in [6.45, 7) is 6.41. The minimum atomic E-state index is -0.239. The van der Waals surface area contributed by atoms with Gasteiger partial charge >= 0.3 is 0 Å². The van der Waals surface area contributed by atoms with Crippen molar-refractivity contribution >= 4 is 0 Å². The molecule has 0 radical (unpaired) electrons. The molecule has 0 bridgehead atoms. The Balaban J connectivity index is 1.85. The number of aliphatic hydroxyl groups excluding tert-OH is 1. The van der Waals surface area contributed by atoms with Gasteiger partial charge in [0.25, 0.3) is 0 Å². The highest BCUT2D eigenvalue weighted by molar-refractivity contribution is 5.25. The van der Waals surface area contributed by atoms with E-state index in [1.54, 1.807) is 13.0 Å². The number of nitrogens with zero attached hydrogens (tertiary/aromatic N) is 1. The van der Waals surface area contributed by atoms with E-state index in [0.29, 0.717) is 11.5 Å². The van der Waals surface area contributed by atoms with Crippen LogP contribution in [0.15, 0.2) is 18.2 Å². The second kappa shape index (κ2) is 6.66. The summed E-state index contributed by atoms with van der Waals surface area (Å²) in [5.74, 6) is 0.186. The first kappa shape index (κ1) is 15.4. The van der Waals surface area contributed by atoms with Gasteiger partial charge in [0.2, 0.25) is 0 Å². The third-order valence-electron chi connectivity index (χ3n) is 4.38. The summed E-state index contributed by atoms with van der Waals surface area (Å²) in [6.07, 6.45) is 1.57. The Kier molecular flexibility index (Phi) is 5.13. The van der Waals surface area contributed by atoms with Crippen LogP contribution in [0.5, 0.6) is 0 Å². The number of aryl methyl sites for hydroxylation is 1. The Bertz CT molecular complexity index is 452. The van der Waals surface area contributed by atoms with Crippen molar-refractivity contribution in [1.29, 1.82) is 0 Å². The predicted molar refractivity (Wildman–Crippen MR) is 78.9 cm³/mol. The van der Waals surface area contributed by atoms with E-state index in [4.69, 9.17) is 5.73 Å². The lowest BCUT2D eigenvalue weighted by atomic mass is 9.95. The van der Waals surface area contributed by atoms with Gasteiger partial charge in [0.1, 0.15) is 5.82 Å². The first-order valence-corrected chi connectivity index (χ1v) is 7.39. The smallest absolute Gasteiger partial charge is 0.126 e. The third kappa shape index (κ3) is 3.78. The molecule has 1 heterocycles. The number of piperidine rings is 1. The summed E-state index contributed by atoms with van der Waals surface area (Å²) in [5, 5.41) is 9.87. The van der Waals surface area contributed by atoms with Crippen molar-refractivity contribution in [3.8, 4) is 0 Å². The van der Waals surface area contributed by atoms with Gasteiger partial charge in [-0.1, -0.05) is 19.1 Å². The molecule has 4 heteroatoms. The van der Waals surface area contributed by atoms with Crippen LogP contribution in [-0.4, -0.2) is 35.7 Å². The first-order valence-electron chi connectivity index (χ1n) is 7.39. The molecule has 1 aliphatic rings. The van der Waals surface area contributed by atoms with E-state index in [1.807, 2.05) is 6.07 Å². The van der Waals surface area contributed by atoms with Crippen LogP contribution in [0.1, 0.15) is 36.9 Å². The maximum atomic E-state index is 13.5. The molecule has 1 aromatic rings. The highest BCUT2D eigenvalue weighted by atomic mass is 19.1. The van der Waals surface area contributed by atoms with Crippen molar-refractivity contribution in [3.05, 3.63) is 35.1 Å². The fourth-order valence-corrected chi connectivity index (χ4v) is 2.65. The largest absolute Gasteiger partial charge is 0.392 e. The average molecular weight is 280 g/mol. The first-order chi connectivity index (χ1) is 9.47. The van der Waals surface area contributed by atoms with Gasteiger partial charge in [-0.3, -0.25) is 0 Å². The van der Waals surface area contributed by atoms with E-state index in [1.165, 1.54) is 6.07 Å². The van der Waals surface area contributed by atoms with Gasteiger partial charge in [-0.25, -0.2) is 4.39 Å². The molecule has 1 fully saturated rings.